The fraction of sp³-hybridized carbons (Fsp3) is 0.417. The van der Waals surface area contributed by atoms with Crippen LogP contribution < -0.4 is 4.90 Å². The van der Waals surface area contributed by atoms with E-state index >= 15 is 0 Å². The van der Waals surface area contributed by atoms with Crippen molar-refractivity contribution in [1.82, 2.24) is 0 Å². The molecule has 0 radical (unpaired) electrons. The van der Waals surface area contributed by atoms with Crippen LogP contribution in [0.3, 0.4) is 0 Å². The Bertz CT molecular complexity index is 333. The maximum Gasteiger partial charge on any atom is 0.329 e. The van der Waals surface area contributed by atoms with Gasteiger partial charge in [0.25, 0.3) is 0 Å². The maximum absolute atomic E-state index is 10.2. The number of rotatable bonds is 6. The number of benzene rings is 1. The molecule has 0 aliphatic carbocycles. The van der Waals surface area contributed by atoms with Gasteiger partial charge in [-0.15, -0.1) is 0 Å². The van der Waals surface area contributed by atoms with Gasteiger partial charge in [-0.2, -0.15) is 0 Å². The monoisotopic (exact) mass is 223 g/mol. The van der Waals surface area contributed by atoms with Crippen molar-refractivity contribution in [1.29, 1.82) is 0 Å². The van der Waals surface area contributed by atoms with Crippen LogP contribution in [0.1, 0.15) is 5.56 Å². The SMILES string of the molecule is CN(C)c1ccc(CCOCC(=O)O)cc1. The summed E-state index contributed by atoms with van der Waals surface area (Å²) in [4.78, 5) is 12.2. The topological polar surface area (TPSA) is 49.8 Å². The van der Waals surface area contributed by atoms with Gasteiger partial charge in [0.1, 0.15) is 6.61 Å². The van der Waals surface area contributed by atoms with Crippen molar-refractivity contribution in [2.75, 3.05) is 32.2 Å². The van der Waals surface area contributed by atoms with Gasteiger partial charge in [-0.25, -0.2) is 4.79 Å². The highest BCUT2D eigenvalue weighted by Crippen LogP contribution is 2.12. The third-order valence-corrected chi connectivity index (χ3v) is 2.21. The van der Waals surface area contributed by atoms with Crippen LogP contribution in [0.2, 0.25) is 0 Å². The van der Waals surface area contributed by atoms with Crippen molar-refractivity contribution in [2.45, 2.75) is 6.42 Å². The molecule has 88 valence electrons. The van der Waals surface area contributed by atoms with Gasteiger partial charge in [-0.3, -0.25) is 0 Å². The van der Waals surface area contributed by atoms with Crippen LogP contribution in [0.25, 0.3) is 0 Å². The van der Waals surface area contributed by atoms with Crippen molar-refractivity contribution in [2.24, 2.45) is 0 Å². The zero-order valence-electron chi connectivity index (χ0n) is 9.64. The average Bonchev–Trinajstić information content (AvgIpc) is 2.25. The smallest absolute Gasteiger partial charge is 0.329 e. The van der Waals surface area contributed by atoms with E-state index in [1.165, 1.54) is 0 Å². The first-order valence-corrected chi connectivity index (χ1v) is 5.15. The molecule has 1 N–H and O–H groups in total. The fourth-order valence-corrected chi connectivity index (χ4v) is 1.31. The molecule has 0 unspecified atom stereocenters. The maximum atomic E-state index is 10.2. The Morgan fingerprint density at radius 1 is 1.31 bits per heavy atom. The van der Waals surface area contributed by atoms with Crippen molar-refractivity contribution >= 4 is 11.7 Å². The summed E-state index contributed by atoms with van der Waals surface area (Å²) in [7, 11) is 3.98. The number of carboxylic acid groups (broad SMARTS) is 1. The standard InChI is InChI=1S/C12H17NO3/c1-13(2)11-5-3-10(4-6-11)7-8-16-9-12(14)15/h3-6H,7-9H2,1-2H3,(H,14,15). The quantitative estimate of drug-likeness (QED) is 0.740. The summed E-state index contributed by atoms with van der Waals surface area (Å²) in [6.07, 6.45) is 0.737. The van der Waals surface area contributed by atoms with E-state index in [1.54, 1.807) is 0 Å². The van der Waals surface area contributed by atoms with Crippen LogP contribution in [-0.2, 0) is 16.0 Å². The molecule has 0 saturated heterocycles. The lowest BCUT2D eigenvalue weighted by Crippen LogP contribution is -2.10. The van der Waals surface area contributed by atoms with Gasteiger partial charge in [0.15, 0.2) is 0 Å². The Morgan fingerprint density at radius 3 is 2.44 bits per heavy atom. The van der Waals surface area contributed by atoms with Gasteiger partial charge >= 0.3 is 5.97 Å². The molecule has 0 amide bonds. The van der Waals surface area contributed by atoms with E-state index in [0.29, 0.717) is 6.61 Å². The molecule has 0 aliphatic heterocycles. The predicted octanol–water partition coefficient (Wildman–Crippen LogP) is 1.40. The second-order valence-corrected chi connectivity index (χ2v) is 3.76. The molecular weight excluding hydrogens is 206 g/mol. The van der Waals surface area contributed by atoms with E-state index in [0.717, 1.165) is 17.7 Å². The third-order valence-electron chi connectivity index (χ3n) is 2.21. The molecule has 1 aromatic carbocycles. The van der Waals surface area contributed by atoms with E-state index in [1.807, 2.05) is 43.3 Å². The third kappa shape index (κ3) is 4.31. The van der Waals surface area contributed by atoms with Crippen LogP contribution in [0.4, 0.5) is 5.69 Å². The van der Waals surface area contributed by atoms with E-state index < -0.39 is 5.97 Å². The number of nitrogens with zero attached hydrogens (tertiary/aromatic N) is 1. The van der Waals surface area contributed by atoms with Gasteiger partial charge in [-0.1, -0.05) is 12.1 Å². The van der Waals surface area contributed by atoms with Crippen LogP contribution >= 0.6 is 0 Å². The van der Waals surface area contributed by atoms with Crippen LogP contribution in [0.15, 0.2) is 24.3 Å². The second kappa shape index (κ2) is 6.12. The average molecular weight is 223 g/mol. The van der Waals surface area contributed by atoms with E-state index in [9.17, 15) is 4.79 Å². The number of hydrogen-bond donors (Lipinski definition) is 1. The molecule has 0 bridgehead atoms. The Kier molecular flexibility index (Phi) is 4.79. The predicted molar refractivity (Wildman–Crippen MR) is 62.9 cm³/mol. The zero-order valence-corrected chi connectivity index (χ0v) is 9.64. The molecule has 4 heteroatoms. The largest absolute Gasteiger partial charge is 0.480 e. The molecule has 0 saturated carbocycles. The van der Waals surface area contributed by atoms with Crippen LogP contribution in [0.5, 0.6) is 0 Å². The highest BCUT2D eigenvalue weighted by Gasteiger charge is 1.98. The summed E-state index contributed by atoms with van der Waals surface area (Å²) in [5.41, 5.74) is 2.30. The van der Waals surface area contributed by atoms with Crippen molar-refractivity contribution in [3.8, 4) is 0 Å². The number of aliphatic carboxylic acids is 1. The first kappa shape index (κ1) is 12.5. The molecule has 0 aromatic heterocycles. The summed E-state index contributed by atoms with van der Waals surface area (Å²) >= 11 is 0. The number of carbonyl (C=O) groups is 1. The minimum Gasteiger partial charge on any atom is -0.480 e. The highest BCUT2D eigenvalue weighted by molar-refractivity contribution is 5.67. The van der Waals surface area contributed by atoms with Gasteiger partial charge in [0.05, 0.1) is 6.61 Å². The molecule has 16 heavy (non-hydrogen) atoms. The van der Waals surface area contributed by atoms with E-state index in [4.69, 9.17) is 9.84 Å². The van der Waals surface area contributed by atoms with Gasteiger partial charge in [0, 0.05) is 19.8 Å². The van der Waals surface area contributed by atoms with Crippen LogP contribution in [-0.4, -0.2) is 38.4 Å². The lowest BCUT2D eigenvalue weighted by atomic mass is 10.1. The molecule has 0 heterocycles. The molecule has 4 nitrogen and oxygen atoms in total. The first-order chi connectivity index (χ1) is 7.59. The number of ether oxygens (including phenoxy) is 1. The molecule has 0 aliphatic rings. The van der Waals surface area contributed by atoms with E-state index in [2.05, 4.69) is 0 Å². The molecule has 0 fully saturated rings. The summed E-state index contributed by atoms with van der Waals surface area (Å²) in [5, 5.41) is 8.38. The number of hydrogen-bond acceptors (Lipinski definition) is 3. The molecule has 1 rings (SSSR count). The lowest BCUT2D eigenvalue weighted by Gasteiger charge is -2.12. The normalized spacial score (nSPS) is 10.1. The Balaban J connectivity index is 2.35. The zero-order chi connectivity index (χ0) is 12.0. The molecule has 1 aromatic rings. The highest BCUT2D eigenvalue weighted by atomic mass is 16.5. The fourth-order valence-electron chi connectivity index (χ4n) is 1.31. The molecular formula is C12H17NO3. The van der Waals surface area contributed by atoms with Gasteiger partial charge in [-0.05, 0) is 24.1 Å². The Hall–Kier alpha value is -1.55. The summed E-state index contributed by atoms with van der Waals surface area (Å²) in [6, 6.07) is 8.12. The number of anilines is 1. The van der Waals surface area contributed by atoms with Crippen molar-refractivity contribution in [3.05, 3.63) is 29.8 Å². The molecule has 0 atom stereocenters. The lowest BCUT2D eigenvalue weighted by molar-refractivity contribution is -0.142. The van der Waals surface area contributed by atoms with Gasteiger partial charge in [0.2, 0.25) is 0 Å². The first-order valence-electron chi connectivity index (χ1n) is 5.15. The second-order valence-electron chi connectivity index (χ2n) is 3.76. The van der Waals surface area contributed by atoms with Crippen molar-refractivity contribution in [3.63, 3.8) is 0 Å². The minimum atomic E-state index is -0.928. The number of carboxylic acids is 1. The Morgan fingerprint density at radius 2 is 1.94 bits per heavy atom. The Labute approximate surface area is 95.5 Å². The van der Waals surface area contributed by atoms with Gasteiger partial charge < -0.3 is 14.7 Å². The summed E-state index contributed by atoms with van der Waals surface area (Å²) in [6.45, 7) is 0.212. The summed E-state index contributed by atoms with van der Waals surface area (Å²) < 4.78 is 4.97. The summed E-state index contributed by atoms with van der Waals surface area (Å²) in [5.74, 6) is -0.928. The van der Waals surface area contributed by atoms with E-state index in [-0.39, 0.29) is 6.61 Å². The van der Waals surface area contributed by atoms with Crippen molar-refractivity contribution < 1.29 is 14.6 Å². The minimum absolute atomic E-state index is 0.226. The van der Waals surface area contributed by atoms with Crippen LogP contribution in [0, 0.1) is 0 Å². The molecule has 0 spiro atoms.